The number of hydrogen-bond acceptors (Lipinski definition) is 2. The third-order valence-corrected chi connectivity index (χ3v) is 4.32. The van der Waals surface area contributed by atoms with Crippen molar-refractivity contribution >= 4 is 6.09 Å². The zero-order valence-electron chi connectivity index (χ0n) is 13.6. The van der Waals surface area contributed by atoms with E-state index in [1.807, 2.05) is 35.2 Å². The summed E-state index contributed by atoms with van der Waals surface area (Å²) in [6, 6.07) is 9.90. The first kappa shape index (κ1) is 16.9. The molecule has 1 amide bonds. The molecule has 0 N–H and O–H groups in total. The van der Waals surface area contributed by atoms with E-state index in [0.29, 0.717) is 6.61 Å². The van der Waals surface area contributed by atoms with Crippen LogP contribution in [-0.4, -0.2) is 24.1 Å². The largest absolute Gasteiger partial charge is 0.445 e. The predicted octanol–water partition coefficient (Wildman–Crippen LogP) is 5.15. The van der Waals surface area contributed by atoms with Crippen LogP contribution in [0.2, 0.25) is 0 Å². The van der Waals surface area contributed by atoms with E-state index in [2.05, 4.69) is 0 Å². The SMILES string of the molecule is O=C(OCc1ccccc1)N1CCCCCCCCCCC1. The zero-order chi connectivity index (χ0) is 15.5. The second-order valence-corrected chi connectivity index (χ2v) is 6.21. The Morgan fingerprint density at radius 3 is 1.86 bits per heavy atom. The summed E-state index contributed by atoms with van der Waals surface area (Å²) in [4.78, 5) is 14.2. The van der Waals surface area contributed by atoms with Crippen LogP contribution >= 0.6 is 0 Å². The highest BCUT2D eigenvalue weighted by Gasteiger charge is 2.14. The molecule has 0 bridgehead atoms. The average Bonchev–Trinajstić information content (AvgIpc) is 2.54. The van der Waals surface area contributed by atoms with Gasteiger partial charge in [0.2, 0.25) is 0 Å². The fourth-order valence-electron chi connectivity index (χ4n) is 2.95. The van der Waals surface area contributed by atoms with E-state index in [1.165, 1.54) is 44.9 Å². The van der Waals surface area contributed by atoms with Crippen LogP contribution in [0.15, 0.2) is 30.3 Å². The number of hydrogen-bond donors (Lipinski definition) is 0. The number of rotatable bonds is 2. The quantitative estimate of drug-likeness (QED) is 0.756. The van der Waals surface area contributed by atoms with Gasteiger partial charge in [0.15, 0.2) is 0 Å². The van der Waals surface area contributed by atoms with Crippen LogP contribution in [0, 0.1) is 0 Å². The highest BCUT2D eigenvalue weighted by molar-refractivity contribution is 5.67. The topological polar surface area (TPSA) is 29.5 Å². The highest BCUT2D eigenvalue weighted by atomic mass is 16.6. The molecule has 122 valence electrons. The summed E-state index contributed by atoms with van der Waals surface area (Å²) in [5.41, 5.74) is 1.05. The summed E-state index contributed by atoms with van der Waals surface area (Å²) in [6.45, 7) is 2.05. The molecule has 0 spiro atoms. The third kappa shape index (κ3) is 6.50. The van der Waals surface area contributed by atoms with Gasteiger partial charge in [-0.25, -0.2) is 4.79 Å². The van der Waals surface area contributed by atoms with Gasteiger partial charge in [0.1, 0.15) is 6.61 Å². The second kappa shape index (κ2) is 10.3. The van der Waals surface area contributed by atoms with E-state index in [-0.39, 0.29) is 6.09 Å². The molecule has 3 heteroatoms. The first-order valence-electron chi connectivity index (χ1n) is 8.82. The summed E-state index contributed by atoms with van der Waals surface area (Å²) < 4.78 is 5.48. The van der Waals surface area contributed by atoms with Gasteiger partial charge in [0, 0.05) is 13.1 Å². The Labute approximate surface area is 134 Å². The second-order valence-electron chi connectivity index (χ2n) is 6.21. The number of carbonyl (C=O) groups excluding carboxylic acids is 1. The van der Waals surface area contributed by atoms with Crippen molar-refractivity contribution in [1.29, 1.82) is 0 Å². The van der Waals surface area contributed by atoms with Gasteiger partial charge in [0.25, 0.3) is 0 Å². The molecule has 0 aromatic heterocycles. The minimum atomic E-state index is -0.152. The standard InChI is InChI=1S/C19H29NO2/c21-19(22-17-18-13-9-8-10-14-18)20-15-11-6-4-2-1-3-5-7-12-16-20/h8-10,13-14H,1-7,11-12,15-17H2. The van der Waals surface area contributed by atoms with E-state index in [4.69, 9.17) is 4.74 Å². The van der Waals surface area contributed by atoms with Crippen LogP contribution in [0.4, 0.5) is 4.79 Å². The maximum Gasteiger partial charge on any atom is 0.410 e. The maximum absolute atomic E-state index is 12.3. The van der Waals surface area contributed by atoms with Gasteiger partial charge in [-0.2, -0.15) is 0 Å². The van der Waals surface area contributed by atoms with Crippen molar-refractivity contribution in [3.8, 4) is 0 Å². The van der Waals surface area contributed by atoms with Crippen molar-refractivity contribution in [2.75, 3.05) is 13.1 Å². The minimum Gasteiger partial charge on any atom is -0.445 e. The number of carbonyl (C=O) groups is 1. The molecule has 1 saturated heterocycles. The summed E-state index contributed by atoms with van der Waals surface area (Å²) in [5.74, 6) is 0. The van der Waals surface area contributed by atoms with Gasteiger partial charge < -0.3 is 9.64 Å². The van der Waals surface area contributed by atoms with Crippen LogP contribution in [0.25, 0.3) is 0 Å². The van der Waals surface area contributed by atoms with E-state index in [1.54, 1.807) is 0 Å². The Morgan fingerprint density at radius 2 is 1.32 bits per heavy atom. The number of nitrogens with zero attached hydrogens (tertiary/aromatic N) is 1. The number of ether oxygens (including phenoxy) is 1. The number of amides is 1. The normalized spacial score (nSPS) is 18.1. The molecule has 1 heterocycles. The van der Waals surface area contributed by atoms with Gasteiger partial charge in [-0.15, -0.1) is 0 Å². The molecule has 0 unspecified atom stereocenters. The Kier molecular flexibility index (Phi) is 7.86. The molecular formula is C19H29NO2. The summed E-state index contributed by atoms with van der Waals surface area (Å²) in [5, 5.41) is 0. The summed E-state index contributed by atoms with van der Waals surface area (Å²) >= 11 is 0. The molecule has 0 saturated carbocycles. The maximum atomic E-state index is 12.3. The molecule has 0 radical (unpaired) electrons. The van der Waals surface area contributed by atoms with E-state index in [9.17, 15) is 4.79 Å². The lowest BCUT2D eigenvalue weighted by atomic mass is 10.1. The number of benzene rings is 1. The molecule has 1 aromatic carbocycles. The molecule has 0 aliphatic carbocycles. The highest BCUT2D eigenvalue weighted by Crippen LogP contribution is 2.13. The van der Waals surface area contributed by atoms with Crippen molar-refractivity contribution in [2.24, 2.45) is 0 Å². The smallest absolute Gasteiger partial charge is 0.410 e. The predicted molar refractivity (Wildman–Crippen MR) is 89.8 cm³/mol. The van der Waals surface area contributed by atoms with Crippen LogP contribution in [0.5, 0.6) is 0 Å². The summed E-state index contributed by atoms with van der Waals surface area (Å²) in [7, 11) is 0. The Hall–Kier alpha value is -1.51. The molecular weight excluding hydrogens is 274 g/mol. The van der Waals surface area contributed by atoms with Gasteiger partial charge in [-0.3, -0.25) is 0 Å². The van der Waals surface area contributed by atoms with Gasteiger partial charge in [0.05, 0.1) is 0 Å². The van der Waals surface area contributed by atoms with Gasteiger partial charge in [-0.1, -0.05) is 75.3 Å². The lowest BCUT2D eigenvalue weighted by molar-refractivity contribution is 0.0946. The molecule has 1 fully saturated rings. The van der Waals surface area contributed by atoms with Gasteiger partial charge in [-0.05, 0) is 18.4 Å². The van der Waals surface area contributed by atoms with Crippen molar-refractivity contribution < 1.29 is 9.53 Å². The Balaban J connectivity index is 1.78. The van der Waals surface area contributed by atoms with Crippen LogP contribution < -0.4 is 0 Å². The zero-order valence-corrected chi connectivity index (χ0v) is 13.6. The molecule has 22 heavy (non-hydrogen) atoms. The van der Waals surface area contributed by atoms with E-state index < -0.39 is 0 Å². The van der Waals surface area contributed by atoms with Crippen LogP contribution in [0.3, 0.4) is 0 Å². The fraction of sp³-hybridized carbons (Fsp3) is 0.632. The average molecular weight is 303 g/mol. The first-order valence-corrected chi connectivity index (χ1v) is 8.82. The van der Waals surface area contributed by atoms with Crippen molar-refractivity contribution in [2.45, 2.75) is 64.4 Å². The lowest BCUT2D eigenvalue weighted by Gasteiger charge is -2.22. The lowest BCUT2D eigenvalue weighted by Crippen LogP contribution is -2.33. The summed E-state index contributed by atoms with van der Waals surface area (Å²) in [6.07, 6.45) is 11.2. The molecule has 1 aromatic rings. The van der Waals surface area contributed by atoms with Gasteiger partial charge >= 0.3 is 6.09 Å². The fourth-order valence-corrected chi connectivity index (χ4v) is 2.95. The van der Waals surface area contributed by atoms with Crippen LogP contribution in [-0.2, 0) is 11.3 Å². The molecule has 0 atom stereocenters. The molecule has 2 rings (SSSR count). The van der Waals surface area contributed by atoms with Crippen molar-refractivity contribution in [1.82, 2.24) is 4.90 Å². The third-order valence-electron chi connectivity index (χ3n) is 4.32. The van der Waals surface area contributed by atoms with Crippen molar-refractivity contribution in [3.05, 3.63) is 35.9 Å². The Bertz CT molecular complexity index is 407. The monoisotopic (exact) mass is 303 g/mol. The molecule has 3 nitrogen and oxygen atoms in total. The van der Waals surface area contributed by atoms with E-state index in [0.717, 1.165) is 31.5 Å². The van der Waals surface area contributed by atoms with E-state index >= 15 is 0 Å². The molecule has 1 aliphatic rings. The molecule has 1 aliphatic heterocycles. The first-order chi connectivity index (χ1) is 10.9. The minimum absolute atomic E-state index is 0.152. The van der Waals surface area contributed by atoms with Crippen LogP contribution in [0.1, 0.15) is 63.4 Å². The Morgan fingerprint density at radius 1 is 0.818 bits per heavy atom. The van der Waals surface area contributed by atoms with Crippen molar-refractivity contribution in [3.63, 3.8) is 0 Å².